The van der Waals surface area contributed by atoms with Crippen LogP contribution in [-0.2, 0) is 9.59 Å². The van der Waals surface area contributed by atoms with Crippen molar-refractivity contribution < 1.29 is 18.4 Å². The van der Waals surface area contributed by atoms with E-state index in [1.54, 1.807) is 0 Å². The van der Waals surface area contributed by atoms with Crippen LogP contribution in [0.1, 0.15) is 36.4 Å². The highest BCUT2D eigenvalue weighted by molar-refractivity contribution is 7.10. The van der Waals surface area contributed by atoms with Gasteiger partial charge in [-0.05, 0) is 23.6 Å². The summed E-state index contributed by atoms with van der Waals surface area (Å²) >= 11 is 1.44. The third kappa shape index (κ3) is 5.10. The molecule has 1 unspecified atom stereocenters. The Hall–Kier alpha value is -2.35. The van der Waals surface area contributed by atoms with Crippen LogP contribution in [0.4, 0.5) is 14.5 Å². The van der Waals surface area contributed by atoms with Gasteiger partial charge in [0.05, 0.1) is 24.3 Å². The smallest absolute Gasteiger partial charge is 0.280 e. The van der Waals surface area contributed by atoms with E-state index in [1.807, 2.05) is 17.5 Å². The molecular formula is C15H15F2N3O2S. The van der Waals surface area contributed by atoms with Crippen molar-refractivity contribution in [3.05, 3.63) is 46.4 Å². The van der Waals surface area contributed by atoms with Crippen LogP contribution in [-0.4, -0.2) is 16.8 Å². The molecule has 2 amide bonds. The van der Waals surface area contributed by atoms with E-state index in [1.165, 1.54) is 30.5 Å². The van der Waals surface area contributed by atoms with Crippen LogP contribution in [0.5, 0.6) is 0 Å². The minimum absolute atomic E-state index is 0.0384. The third-order valence-electron chi connectivity index (χ3n) is 2.95. The van der Waals surface area contributed by atoms with E-state index in [0.29, 0.717) is 5.69 Å². The zero-order valence-electron chi connectivity index (χ0n) is 12.3. The molecule has 23 heavy (non-hydrogen) atoms. The molecule has 1 atom stereocenters. The maximum absolute atomic E-state index is 12.4. The van der Waals surface area contributed by atoms with Gasteiger partial charge in [-0.2, -0.15) is 0 Å². The highest BCUT2D eigenvalue weighted by Crippen LogP contribution is 2.23. The number of nitrogens with one attached hydrogen (secondary N) is 2. The molecular weight excluding hydrogens is 324 g/mol. The number of amides is 2. The van der Waals surface area contributed by atoms with Gasteiger partial charge in [0.25, 0.3) is 6.43 Å². The molecule has 0 fully saturated rings. The number of carbonyl (C=O) groups is 2. The second-order valence-electron chi connectivity index (χ2n) is 4.79. The first-order valence-electron chi connectivity index (χ1n) is 6.80. The molecule has 0 bridgehead atoms. The molecule has 0 aliphatic heterocycles. The molecule has 5 nitrogen and oxygen atoms in total. The average molecular weight is 339 g/mol. The summed E-state index contributed by atoms with van der Waals surface area (Å²) in [4.78, 5) is 27.8. The summed E-state index contributed by atoms with van der Waals surface area (Å²) < 4.78 is 24.8. The number of rotatable bonds is 6. The number of nitrogens with zero attached hydrogens (tertiary/aromatic N) is 1. The van der Waals surface area contributed by atoms with Gasteiger partial charge in [0, 0.05) is 11.8 Å². The van der Waals surface area contributed by atoms with Crippen molar-refractivity contribution in [2.45, 2.75) is 25.8 Å². The maximum Gasteiger partial charge on any atom is 0.280 e. The number of thiophene rings is 1. The zero-order valence-corrected chi connectivity index (χ0v) is 13.1. The fourth-order valence-electron chi connectivity index (χ4n) is 1.96. The van der Waals surface area contributed by atoms with Crippen LogP contribution < -0.4 is 10.6 Å². The molecule has 0 saturated carbocycles. The zero-order chi connectivity index (χ0) is 16.8. The lowest BCUT2D eigenvalue weighted by Gasteiger charge is -2.16. The van der Waals surface area contributed by atoms with Crippen LogP contribution in [0, 0.1) is 0 Å². The fraction of sp³-hybridized carbons (Fsp3) is 0.267. The number of alkyl halides is 2. The van der Waals surface area contributed by atoms with Crippen LogP contribution in [0.3, 0.4) is 0 Å². The first-order chi connectivity index (χ1) is 11.0. The molecule has 0 radical (unpaired) electrons. The molecule has 122 valence electrons. The van der Waals surface area contributed by atoms with E-state index in [0.717, 1.165) is 10.9 Å². The minimum atomic E-state index is -2.65. The lowest BCUT2D eigenvalue weighted by molar-refractivity contribution is -0.120. The standard InChI is InChI=1S/C15H15F2N3O2S/c1-9(21)19-12(13-3-2-6-23-13)7-14(22)20-10-4-5-11(15(16)17)18-8-10/h2-6,8,12,15H,7H2,1H3,(H,19,21)(H,20,22). The Morgan fingerprint density at radius 3 is 2.61 bits per heavy atom. The van der Waals surface area contributed by atoms with Crippen molar-refractivity contribution in [1.82, 2.24) is 10.3 Å². The van der Waals surface area contributed by atoms with Gasteiger partial charge < -0.3 is 10.6 Å². The number of hydrogen-bond acceptors (Lipinski definition) is 4. The summed E-state index contributed by atoms with van der Waals surface area (Å²) in [5.41, 5.74) is -0.0233. The first-order valence-corrected chi connectivity index (χ1v) is 7.68. The number of pyridine rings is 1. The van der Waals surface area contributed by atoms with Crippen molar-refractivity contribution in [3.63, 3.8) is 0 Å². The highest BCUT2D eigenvalue weighted by Gasteiger charge is 2.18. The lowest BCUT2D eigenvalue weighted by atomic mass is 10.1. The molecule has 2 rings (SSSR count). The van der Waals surface area contributed by atoms with Gasteiger partial charge >= 0.3 is 0 Å². The minimum Gasteiger partial charge on any atom is -0.348 e. The third-order valence-corrected chi connectivity index (χ3v) is 3.93. The van der Waals surface area contributed by atoms with E-state index in [9.17, 15) is 18.4 Å². The molecule has 0 saturated heterocycles. The molecule has 2 N–H and O–H groups in total. The molecule has 8 heteroatoms. The van der Waals surface area contributed by atoms with E-state index >= 15 is 0 Å². The number of carbonyl (C=O) groups excluding carboxylic acids is 2. The highest BCUT2D eigenvalue weighted by atomic mass is 32.1. The predicted octanol–water partition coefficient (Wildman–Crippen LogP) is 3.29. The van der Waals surface area contributed by atoms with Crippen molar-refractivity contribution in [2.75, 3.05) is 5.32 Å². The van der Waals surface area contributed by atoms with Gasteiger partial charge in [0.2, 0.25) is 11.8 Å². The van der Waals surface area contributed by atoms with Crippen LogP contribution >= 0.6 is 11.3 Å². The van der Waals surface area contributed by atoms with Gasteiger partial charge in [-0.25, -0.2) is 8.78 Å². The van der Waals surface area contributed by atoms with Crippen LogP contribution in [0.2, 0.25) is 0 Å². The van der Waals surface area contributed by atoms with Gasteiger partial charge in [-0.15, -0.1) is 11.3 Å². The van der Waals surface area contributed by atoms with Crippen molar-refractivity contribution in [1.29, 1.82) is 0 Å². The summed E-state index contributed by atoms with van der Waals surface area (Å²) in [6.07, 6.45) is -1.43. The second kappa shape index (κ2) is 7.77. The van der Waals surface area contributed by atoms with Crippen molar-refractivity contribution >= 4 is 28.8 Å². The Morgan fingerprint density at radius 1 is 1.30 bits per heavy atom. The second-order valence-corrected chi connectivity index (χ2v) is 5.77. The molecule has 2 aromatic heterocycles. The average Bonchev–Trinajstić information content (AvgIpc) is 3.00. The van der Waals surface area contributed by atoms with Crippen molar-refractivity contribution in [2.24, 2.45) is 0 Å². The molecule has 2 heterocycles. The fourth-order valence-corrected chi connectivity index (χ4v) is 2.74. The Morgan fingerprint density at radius 2 is 2.09 bits per heavy atom. The molecule has 0 aliphatic carbocycles. The largest absolute Gasteiger partial charge is 0.348 e. The summed E-state index contributed by atoms with van der Waals surface area (Å²) in [6, 6.07) is 5.76. The van der Waals surface area contributed by atoms with Gasteiger partial charge in [0.1, 0.15) is 5.69 Å². The number of halogens is 2. The van der Waals surface area contributed by atoms with E-state index in [4.69, 9.17) is 0 Å². The van der Waals surface area contributed by atoms with Gasteiger partial charge in [0.15, 0.2) is 0 Å². The number of hydrogen-bond donors (Lipinski definition) is 2. The number of aromatic nitrogens is 1. The number of anilines is 1. The quantitative estimate of drug-likeness (QED) is 0.848. The van der Waals surface area contributed by atoms with Crippen LogP contribution in [0.15, 0.2) is 35.8 Å². The van der Waals surface area contributed by atoms with Crippen molar-refractivity contribution in [3.8, 4) is 0 Å². The molecule has 0 spiro atoms. The molecule has 0 aromatic carbocycles. The summed E-state index contributed by atoms with van der Waals surface area (Å²) in [5.74, 6) is -0.581. The van der Waals surface area contributed by atoms with Gasteiger partial charge in [-0.3, -0.25) is 14.6 Å². The topological polar surface area (TPSA) is 71.1 Å². The van der Waals surface area contributed by atoms with Gasteiger partial charge in [-0.1, -0.05) is 6.07 Å². The first kappa shape index (κ1) is 17.0. The molecule has 2 aromatic rings. The Kier molecular flexibility index (Phi) is 5.75. The normalized spacial score (nSPS) is 12.0. The lowest BCUT2D eigenvalue weighted by Crippen LogP contribution is -2.29. The van der Waals surface area contributed by atoms with Crippen LogP contribution in [0.25, 0.3) is 0 Å². The predicted molar refractivity (Wildman–Crippen MR) is 83.3 cm³/mol. The summed E-state index contributed by atoms with van der Waals surface area (Å²) in [6.45, 7) is 1.38. The Balaban J connectivity index is 2.00. The Labute approximate surface area is 135 Å². The maximum atomic E-state index is 12.4. The Bertz CT molecular complexity index is 660. The van der Waals surface area contributed by atoms with E-state index in [2.05, 4.69) is 15.6 Å². The summed E-state index contributed by atoms with van der Waals surface area (Å²) in [7, 11) is 0. The van der Waals surface area contributed by atoms with E-state index in [-0.39, 0.29) is 23.9 Å². The SMILES string of the molecule is CC(=O)NC(CC(=O)Nc1ccc(C(F)F)nc1)c1cccs1. The van der Waals surface area contributed by atoms with E-state index < -0.39 is 12.5 Å². The molecule has 0 aliphatic rings. The monoisotopic (exact) mass is 339 g/mol. The summed E-state index contributed by atoms with van der Waals surface area (Å²) in [5, 5.41) is 7.16.